The predicted molar refractivity (Wildman–Crippen MR) is 93.5 cm³/mol. The van der Waals surface area contributed by atoms with Gasteiger partial charge in [-0.1, -0.05) is 13.0 Å². The summed E-state index contributed by atoms with van der Waals surface area (Å²) in [4.78, 5) is 21.0. The monoisotopic (exact) mass is 310 g/mol. The van der Waals surface area contributed by atoms with Crippen molar-refractivity contribution in [2.24, 2.45) is 0 Å². The highest BCUT2D eigenvalue weighted by molar-refractivity contribution is 5.93. The van der Waals surface area contributed by atoms with E-state index < -0.39 is 0 Å². The van der Waals surface area contributed by atoms with Gasteiger partial charge in [-0.05, 0) is 30.2 Å². The maximum absolute atomic E-state index is 11.9. The summed E-state index contributed by atoms with van der Waals surface area (Å²) < 4.78 is 0. The Labute approximate surface area is 136 Å². The average Bonchev–Trinajstić information content (AvgIpc) is 3.05. The van der Waals surface area contributed by atoms with Crippen LogP contribution in [-0.4, -0.2) is 29.0 Å². The lowest BCUT2D eigenvalue weighted by Gasteiger charge is -2.25. The number of amides is 1. The molecule has 5 nitrogen and oxygen atoms in total. The summed E-state index contributed by atoms with van der Waals surface area (Å²) in [7, 11) is 0. The van der Waals surface area contributed by atoms with E-state index in [0.717, 1.165) is 48.6 Å². The minimum Gasteiger partial charge on any atom is -0.381 e. The van der Waals surface area contributed by atoms with E-state index in [1.165, 1.54) is 5.57 Å². The molecule has 1 aliphatic heterocycles. The van der Waals surface area contributed by atoms with Gasteiger partial charge in [-0.25, -0.2) is 4.98 Å². The molecule has 1 aromatic carbocycles. The van der Waals surface area contributed by atoms with Crippen molar-refractivity contribution in [3.8, 4) is 0 Å². The summed E-state index contributed by atoms with van der Waals surface area (Å²) >= 11 is 0. The minimum absolute atomic E-state index is 0.0784. The second-order valence-electron chi connectivity index (χ2n) is 5.76. The number of aromatic nitrogens is 2. The van der Waals surface area contributed by atoms with Gasteiger partial charge in [0.05, 0.1) is 6.33 Å². The highest BCUT2D eigenvalue weighted by atomic mass is 16.2. The molecule has 1 aromatic heterocycles. The number of nitrogens with zero attached hydrogens (tertiary/aromatic N) is 2. The molecule has 1 amide bonds. The molecule has 23 heavy (non-hydrogen) atoms. The van der Waals surface area contributed by atoms with Crippen molar-refractivity contribution >= 4 is 22.9 Å². The van der Waals surface area contributed by atoms with E-state index in [1.54, 1.807) is 13.3 Å². The van der Waals surface area contributed by atoms with Crippen LogP contribution in [0.2, 0.25) is 0 Å². The van der Waals surface area contributed by atoms with Crippen LogP contribution in [0.5, 0.6) is 0 Å². The van der Waals surface area contributed by atoms with Crippen molar-refractivity contribution in [2.45, 2.75) is 26.7 Å². The molecule has 0 spiro atoms. The van der Waals surface area contributed by atoms with Gasteiger partial charge >= 0.3 is 0 Å². The molecule has 0 fully saturated rings. The molecule has 0 atom stereocenters. The van der Waals surface area contributed by atoms with Crippen LogP contribution in [0.3, 0.4) is 0 Å². The fourth-order valence-corrected chi connectivity index (χ4v) is 2.96. The fraction of sp³-hybridized carbons (Fsp3) is 0.333. The van der Waals surface area contributed by atoms with Gasteiger partial charge in [0.15, 0.2) is 0 Å². The number of hydrogen-bond acceptors (Lipinski definition) is 3. The molecule has 0 bridgehead atoms. The van der Waals surface area contributed by atoms with Crippen LogP contribution >= 0.6 is 0 Å². The average molecular weight is 310 g/mol. The number of rotatable bonds is 5. The van der Waals surface area contributed by atoms with Crippen LogP contribution in [0, 0.1) is 0 Å². The Balaban J connectivity index is 1.94. The number of nitrogens with one attached hydrogen (secondary N) is 2. The summed E-state index contributed by atoms with van der Waals surface area (Å²) in [6, 6.07) is 6.19. The molecule has 0 saturated carbocycles. The summed E-state index contributed by atoms with van der Waals surface area (Å²) in [6.45, 7) is 5.26. The Morgan fingerprint density at radius 1 is 1.39 bits per heavy atom. The molecule has 1 aliphatic rings. The second-order valence-corrected chi connectivity index (χ2v) is 5.76. The zero-order chi connectivity index (χ0) is 16.2. The third-order valence-electron chi connectivity index (χ3n) is 4.06. The van der Waals surface area contributed by atoms with Crippen LogP contribution in [0.15, 0.2) is 36.8 Å². The number of imidazole rings is 1. The van der Waals surface area contributed by atoms with Gasteiger partial charge < -0.3 is 15.2 Å². The fourth-order valence-electron chi connectivity index (χ4n) is 2.96. The summed E-state index contributed by atoms with van der Waals surface area (Å²) in [5.74, 6) is 0.0784. The number of carbonyl (C=O) groups is 1. The van der Waals surface area contributed by atoms with Crippen LogP contribution in [-0.2, 0) is 11.2 Å². The zero-order valence-corrected chi connectivity index (χ0v) is 13.6. The van der Waals surface area contributed by atoms with Crippen molar-refractivity contribution in [1.82, 2.24) is 9.97 Å². The molecule has 0 radical (unpaired) electrons. The molecule has 0 aliphatic carbocycles. The minimum atomic E-state index is 0.0784. The van der Waals surface area contributed by atoms with E-state index in [1.807, 2.05) is 17.2 Å². The Hall–Kier alpha value is -2.56. The molecular formula is C18H22N4O. The second kappa shape index (κ2) is 6.69. The summed E-state index contributed by atoms with van der Waals surface area (Å²) in [5.41, 5.74) is 5.57. The topological polar surface area (TPSA) is 61.0 Å². The van der Waals surface area contributed by atoms with Gasteiger partial charge in [0.25, 0.3) is 0 Å². The number of aromatic amines is 1. The molecule has 2 aromatic rings. The molecule has 120 valence electrons. The Morgan fingerprint density at radius 2 is 2.26 bits per heavy atom. The summed E-state index contributed by atoms with van der Waals surface area (Å²) in [6.07, 6.45) is 7.50. The van der Waals surface area contributed by atoms with Crippen molar-refractivity contribution in [1.29, 1.82) is 0 Å². The van der Waals surface area contributed by atoms with Crippen molar-refractivity contribution in [3.63, 3.8) is 0 Å². The lowest BCUT2D eigenvalue weighted by Crippen LogP contribution is -2.29. The van der Waals surface area contributed by atoms with E-state index in [2.05, 4.69) is 40.4 Å². The van der Waals surface area contributed by atoms with Gasteiger partial charge in [-0.15, -0.1) is 0 Å². The first kappa shape index (κ1) is 15.3. The van der Waals surface area contributed by atoms with Gasteiger partial charge in [-0.3, -0.25) is 4.79 Å². The molecule has 3 rings (SSSR count). The highest BCUT2D eigenvalue weighted by Gasteiger charge is 2.17. The number of anilines is 2. The maximum Gasteiger partial charge on any atom is 0.223 e. The number of carbonyl (C=O) groups excluding carboxylic acids is 1. The van der Waals surface area contributed by atoms with E-state index in [0.29, 0.717) is 0 Å². The Kier molecular flexibility index (Phi) is 4.46. The largest absolute Gasteiger partial charge is 0.381 e. The third-order valence-corrected chi connectivity index (χ3v) is 4.06. The van der Waals surface area contributed by atoms with Crippen LogP contribution in [0.1, 0.15) is 31.5 Å². The first-order valence-corrected chi connectivity index (χ1v) is 8.01. The van der Waals surface area contributed by atoms with Crippen molar-refractivity contribution in [2.75, 3.05) is 23.3 Å². The van der Waals surface area contributed by atoms with Crippen molar-refractivity contribution in [3.05, 3.63) is 48.1 Å². The molecular weight excluding hydrogens is 288 g/mol. The number of H-pyrrole nitrogens is 1. The number of fused-ring (bicyclic) bond motifs is 1. The zero-order valence-electron chi connectivity index (χ0n) is 13.6. The van der Waals surface area contributed by atoms with Crippen LogP contribution in [0.4, 0.5) is 11.4 Å². The van der Waals surface area contributed by atoms with Crippen LogP contribution < -0.4 is 10.2 Å². The van der Waals surface area contributed by atoms with E-state index >= 15 is 0 Å². The molecule has 5 heteroatoms. The van der Waals surface area contributed by atoms with Gasteiger partial charge in [0.1, 0.15) is 0 Å². The Morgan fingerprint density at radius 3 is 2.96 bits per heavy atom. The lowest BCUT2D eigenvalue weighted by atomic mass is 9.95. The first-order chi connectivity index (χ1) is 11.2. The lowest BCUT2D eigenvalue weighted by molar-refractivity contribution is -0.116. The highest BCUT2D eigenvalue weighted by Crippen LogP contribution is 2.33. The van der Waals surface area contributed by atoms with E-state index in [9.17, 15) is 4.79 Å². The number of hydrogen-bond donors (Lipinski definition) is 2. The first-order valence-electron chi connectivity index (χ1n) is 8.01. The number of allylic oxidation sites excluding steroid dienone is 1. The normalized spacial score (nSPS) is 13.0. The molecule has 0 saturated heterocycles. The van der Waals surface area contributed by atoms with Gasteiger partial charge in [0, 0.05) is 55.3 Å². The maximum atomic E-state index is 11.9. The molecule has 2 N–H and O–H groups in total. The standard InChI is InChI=1S/C18H22N4O/c1-3-8-22(13(2)23)16-4-5-18-17(10-16)14(6-7-20-18)9-15-11-19-12-21-15/h4-6,10-12,20H,3,7-9H2,1-2H3,(H,19,21). The smallest absolute Gasteiger partial charge is 0.223 e. The molecule has 0 unspecified atom stereocenters. The predicted octanol–water partition coefficient (Wildman–Crippen LogP) is 3.22. The van der Waals surface area contributed by atoms with Gasteiger partial charge in [-0.2, -0.15) is 0 Å². The number of benzene rings is 1. The summed E-state index contributed by atoms with van der Waals surface area (Å²) in [5, 5.41) is 3.39. The Bertz CT molecular complexity index is 719. The third kappa shape index (κ3) is 3.28. The van der Waals surface area contributed by atoms with E-state index in [-0.39, 0.29) is 5.91 Å². The molecule has 2 heterocycles. The van der Waals surface area contributed by atoms with E-state index in [4.69, 9.17) is 0 Å². The van der Waals surface area contributed by atoms with Crippen molar-refractivity contribution < 1.29 is 4.79 Å². The quantitative estimate of drug-likeness (QED) is 0.891. The van der Waals surface area contributed by atoms with Crippen LogP contribution in [0.25, 0.3) is 5.57 Å². The van der Waals surface area contributed by atoms with Gasteiger partial charge in [0.2, 0.25) is 5.91 Å². The SMILES string of the molecule is CCCN(C(C)=O)c1ccc2c(c1)C(Cc1cnc[nH]1)=CCN2.